The molecule has 5 nitrogen and oxygen atoms in total. The van der Waals surface area contributed by atoms with E-state index in [2.05, 4.69) is 15.7 Å². The predicted molar refractivity (Wildman–Crippen MR) is 95.2 cm³/mol. The van der Waals surface area contributed by atoms with Crippen molar-refractivity contribution < 1.29 is 13.6 Å². The fraction of sp³-hybridized carbons (Fsp3) is 0.375. The van der Waals surface area contributed by atoms with Crippen LogP contribution in [-0.4, -0.2) is 34.8 Å². The van der Waals surface area contributed by atoms with Crippen LogP contribution in [0.2, 0.25) is 0 Å². The zero-order valence-electron chi connectivity index (χ0n) is 13.3. The molecule has 0 bridgehead atoms. The second-order valence-corrected chi connectivity index (χ2v) is 5.65. The smallest absolute Gasteiger partial charge is 0.242 e. The first-order valence-electron chi connectivity index (χ1n) is 7.56. The quantitative estimate of drug-likeness (QED) is 0.838. The maximum atomic E-state index is 13.5. The second kappa shape index (κ2) is 9.70. The summed E-state index contributed by atoms with van der Waals surface area (Å²) >= 11 is 0. The van der Waals surface area contributed by atoms with Crippen molar-refractivity contribution in [2.24, 2.45) is 0 Å². The van der Waals surface area contributed by atoms with Crippen molar-refractivity contribution in [2.75, 3.05) is 13.1 Å². The minimum atomic E-state index is -0.859. The lowest BCUT2D eigenvalue weighted by atomic mass is 9.86. The molecule has 3 rings (SSSR count). The van der Waals surface area contributed by atoms with E-state index < -0.39 is 11.6 Å². The molecule has 2 heterocycles. The number of piperidine rings is 1. The number of rotatable bonds is 4. The van der Waals surface area contributed by atoms with Crippen LogP contribution in [0.15, 0.2) is 36.7 Å². The molecule has 1 aliphatic rings. The summed E-state index contributed by atoms with van der Waals surface area (Å²) in [5.41, 5.74) is 0.704. The van der Waals surface area contributed by atoms with Crippen molar-refractivity contribution >= 4 is 30.7 Å². The Labute approximate surface area is 157 Å². The molecule has 1 aromatic carbocycles. The Morgan fingerprint density at radius 3 is 2.80 bits per heavy atom. The van der Waals surface area contributed by atoms with Crippen molar-refractivity contribution in [3.05, 3.63) is 53.9 Å². The average molecular weight is 393 g/mol. The van der Waals surface area contributed by atoms with Crippen molar-refractivity contribution in [3.63, 3.8) is 0 Å². The molecule has 0 radical (unpaired) electrons. The minimum Gasteiger partial charge on any atom is -0.350 e. The second-order valence-electron chi connectivity index (χ2n) is 5.65. The Bertz CT molecular complexity index is 685. The normalized spacial score (nSPS) is 19.4. The number of hydrogen-bond acceptors (Lipinski definition) is 3. The number of benzene rings is 1. The van der Waals surface area contributed by atoms with Crippen LogP contribution in [0.5, 0.6) is 0 Å². The topological polar surface area (TPSA) is 59.0 Å². The van der Waals surface area contributed by atoms with Crippen molar-refractivity contribution in [1.29, 1.82) is 0 Å². The highest BCUT2D eigenvalue weighted by molar-refractivity contribution is 5.85. The van der Waals surface area contributed by atoms with E-state index in [0.717, 1.165) is 19.0 Å². The van der Waals surface area contributed by atoms with Gasteiger partial charge in [-0.2, -0.15) is 5.10 Å². The Kier molecular flexibility index (Phi) is 8.28. The van der Waals surface area contributed by atoms with Gasteiger partial charge in [0.25, 0.3) is 0 Å². The van der Waals surface area contributed by atoms with E-state index in [9.17, 15) is 13.6 Å². The highest BCUT2D eigenvalue weighted by Gasteiger charge is 2.28. The average Bonchev–Trinajstić information content (AvgIpc) is 3.03. The SMILES string of the molecule is Cl.Cl.O=C(Cn1cccn1)NC1CNCCC1c1ccc(F)c(F)c1. The van der Waals surface area contributed by atoms with Crippen LogP contribution in [0, 0.1) is 11.6 Å². The van der Waals surface area contributed by atoms with E-state index in [1.54, 1.807) is 24.5 Å². The van der Waals surface area contributed by atoms with Gasteiger partial charge in [0.1, 0.15) is 6.54 Å². The molecule has 1 aliphatic heterocycles. The predicted octanol–water partition coefficient (Wildman–Crippen LogP) is 2.27. The van der Waals surface area contributed by atoms with E-state index >= 15 is 0 Å². The molecule has 138 valence electrons. The van der Waals surface area contributed by atoms with Crippen LogP contribution in [0.3, 0.4) is 0 Å². The van der Waals surface area contributed by atoms with Gasteiger partial charge in [0.05, 0.1) is 0 Å². The molecule has 1 aromatic heterocycles. The van der Waals surface area contributed by atoms with Gasteiger partial charge in [-0.05, 0) is 36.7 Å². The molecule has 2 atom stereocenters. The van der Waals surface area contributed by atoms with Crippen molar-refractivity contribution in [1.82, 2.24) is 20.4 Å². The van der Waals surface area contributed by atoms with Gasteiger partial charge in [0.2, 0.25) is 5.91 Å². The van der Waals surface area contributed by atoms with Crippen LogP contribution in [0.4, 0.5) is 8.78 Å². The summed E-state index contributed by atoms with van der Waals surface area (Å²) in [4.78, 5) is 12.1. The zero-order valence-corrected chi connectivity index (χ0v) is 15.0. The number of carbonyl (C=O) groups excluding carboxylic acids is 1. The number of nitrogens with zero attached hydrogens (tertiary/aromatic N) is 2. The van der Waals surface area contributed by atoms with Gasteiger partial charge in [0, 0.05) is 30.9 Å². The fourth-order valence-electron chi connectivity index (χ4n) is 2.95. The Hall–Kier alpha value is -1.70. The van der Waals surface area contributed by atoms with Gasteiger partial charge in [-0.3, -0.25) is 9.48 Å². The number of amides is 1. The summed E-state index contributed by atoms with van der Waals surface area (Å²) in [5, 5.41) is 10.2. The van der Waals surface area contributed by atoms with Crippen LogP contribution in [0.1, 0.15) is 17.9 Å². The van der Waals surface area contributed by atoms with Gasteiger partial charge in [-0.15, -0.1) is 24.8 Å². The van der Waals surface area contributed by atoms with E-state index in [4.69, 9.17) is 0 Å². The maximum Gasteiger partial charge on any atom is 0.242 e. The number of hydrogen-bond donors (Lipinski definition) is 2. The Morgan fingerprint density at radius 2 is 2.12 bits per heavy atom. The molecular weight excluding hydrogens is 373 g/mol. The van der Waals surface area contributed by atoms with Crippen LogP contribution >= 0.6 is 24.8 Å². The molecule has 2 N–H and O–H groups in total. The highest BCUT2D eigenvalue weighted by atomic mass is 35.5. The lowest BCUT2D eigenvalue weighted by molar-refractivity contribution is -0.122. The third-order valence-electron chi connectivity index (χ3n) is 4.07. The lowest BCUT2D eigenvalue weighted by Gasteiger charge is -2.33. The molecule has 0 spiro atoms. The highest BCUT2D eigenvalue weighted by Crippen LogP contribution is 2.27. The van der Waals surface area contributed by atoms with E-state index in [0.29, 0.717) is 12.1 Å². The van der Waals surface area contributed by atoms with Gasteiger partial charge in [-0.1, -0.05) is 6.07 Å². The number of halogens is 4. The molecule has 2 unspecified atom stereocenters. The molecule has 0 aliphatic carbocycles. The first kappa shape index (κ1) is 21.3. The maximum absolute atomic E-state index is 13.5. The monoisotopic (exact) mass is 392 g/mol. The number of aromatic nitrogens is 2. The van der Waals surface area contributed by atoms with E-state index in [-0.39, 0.29) is 49.2 Å². The molecular formula is C16H20Cl2F2N4O. The lowest BCUT2D eigenvalue weighted by Crippen LogP contribution is -2.50. The summed E-state index contributed by atoms with van der Waals surface area (Å²) in [5.74, 6) is -1.92. The minimum absolute atomic E-state index is 0. The van der Waals surface area contributed by atoms with E-state index in [1.165, 1.54) is 10.7 Å². The summed E-state index contributed by atoms with van der Waals surface area (Å²) in [7, 11) is 0. The van der Waals surface area contributed by atoms with Crippen LogP contribution < -0.4 is 10.6 Å². The van der Waals surface area contributed by atoms with E-state index in [1.807, 2.05) is 0 Å². The Morgan fingerprint density at radius 1 is 1.32 bits per heavy atom. The first-order valence-corrected chi connectivity index (χ1v) is 7.56. The van der Waals surface area contributed by atoms with Gasteiger partial charge < -0.3 is 10.6 Å². The van der Waals surface area contributed by atoms with Gasteiger partial charge in [-0.25, -0.2) is 8.78 Å². The first-order chi connectivity index (χ1) is 11.1. The fourth-order valence-corrected chi connectivity index (χ4v) is 2.95. The van der Waals surface area contributed by atoms with Crippen LogP contribution in [-0.2, 0) is 11.3 Å². The number of carbonyl (C=O) groups is 1. The van der Waals surface area contributed by atoms with Crippen molar-refractivity contribution in [3.8, 4) is 0 Å². The largest absolute Gasteiger partial charge is 0.350 e. The summed E-state index contributed by atoms with van der Waals surface area (Å²) in [6.45, 7) is 1.50. The van der Waals surface area contributed by atoms with Gasteiger partial charge in [0.15, 0.2) is 11.6 Å². The molecule has 2 aromatic rings. The molecule has 1 amide bonds. The van der Waals surface area contributed by atoms with Crippen molar-refractivity contribution in [2.45, 2.75) is 24.9 Å². The molecule has 25 heavy (non-hydrogen) atoms. The molecule has 1 saturated heterocycles. The molecule has 9 heteroatoms. The summed E-state index contributed by atoms with van der Waals surface area (Å²) < 4.78 is 28.1. The zero-order chi connectivity index (χ0) is 16.2. The van der Waals surface area contributed by atoms with Crippen LogP contribution in [0.25, 0.3) is 0 Å². The van der Waals surface area contributed by atoms with Gasteiger partial charge >= 0.3 is 0 Å². The standard InChI is InChI=1S/C16H18F2N4O.2ClH/c17-13-3-2-11(8-14(13)18)12-4-6-19-9-15(12)21-16(23)10-22-7-1-5-20-22;;/h1-3,5,7-8,12,15,19H,4,6,9-10H2,(H,21,23);2*1H. The molecule has 0 saturated carbocycles. The molecule has 1 fully saturated rings. The summed E-state index contributed by atoms with van der Waals surface area (Å²) in [6.07, 6.45) is 4.07. The summed E-state index contributed by atoms with van der Waals surface area (Å²) in [6, 6.07) is 5.52. The Balaban J connectivity index is 0.00000156. The third-order valence-corrected chi connectivity index (χ3v) is 4.07. The third kappa shape index (κ3) is 5.39. The number of nitrogens with one attached hydrogen (secondary N) is 2.